The van der Waals surface area contributed by atoms with Gasteiger partial charge in [-0.1, -0.05) is 33.8 Å². The van der Waals surface area contributed by atoms with Crippen LogP contribution in [0.25, 0.3) is 0 Å². The Labute approximate surface area is 105 Å². The number of rotatable bonds is 7. The topological polar surface area (TPSA) is 37.0 Å². The van der Waals surface area contributed by atoms with Crippen molar-refractivity contribution in [2.24, 2.45) is 0 Å². The second-order valence-electron chi connectivity index (χ2n) is 5.38. The minimum Gasteiger partial charge on any atom is -0.315 e. The second-order valence-corrected chi connectivity index (χ2v) is 5.38. The highest BCUT2D eigenvalue weighted by Gasteiger charge is 2.20. The van der Waals surface area contributed by atoms with Crippen LogP contribution in [0.15, 0.2) is 24.4 Å². The van der Waals surface area contributed by atoms with Crippen molar-refractivity contribution >= 4 is 0 Å². The molecular weight excluding hydrogens is 210 g/mol. The van der Waals surface area contributed by atoms with E-state index in [-0.39, 0.29) is 5.41 Å². The molecule has 0 aliphatic rings. The molecule has 1 heterocycles. The molecule has 0 saturated heterocycles. The van der Waals surface area contributed by atoms with Crippen molar-refractivity contribution in [2.45, 2.75) is 39.2 Å². The summed E-state index contributed by atoms with van der Waals surface area (Å²) in [5.74, 6) is 0. The summed E-state index contributed by atoms with van der Waals surface area (Å²) in [7, 11) is 0. The molecule has 0 aromatic carbocycles. The lowest BCUT2D eigenvalue weighted by Gasteiger charge is -2.24. The zero-order chi connectivity index (χ0) is 12.7. The normalized spacial score (nSPS) is 12.1. The molecule has 0 bridgehead atoms. The van der Waals surface area contributed by atoms with Crippen molar-refractivity contribution in [1.29, 1.82) is 0 Å². The molecule has 1 aromatic heterocycles. The van der Waals surface area contributed by atoms with Gasteiger partial charge in [0, 0.05) is 43.0 Å². The fourth-order valence-electron chi connectivity index (χ4n) is 1.70. The first-order valence-electron chi connectivity index (χ1n) is 6.38. The molecule has 0 radical (unpaired) electrons. The smallest absolute Gasteiger partial charge is 0.0472 e. The van der Waals surface area contributed by atoms with Crippen LogP contribution in [0.1, 0.15) is 33.4 Å². The maximum Gasteiger partial charge on any atom is 0.0472 e. The van der Waals surface area contributed by atoms with Gasteiger partial charge in [-0.15, -0.1) is 0 Å². The van der Waals surface area contributed by atoms with Crippen LogP contribution in [-0.2, 0) is 5.41 Å². The minimum absolute atomic E-state index is 0.0824. The van der Waals surface area contributed by atoms with E-state index >= 15 is 0 Å². The lowest BCUT2D eigenvalue weighted by atomic mass is 9.89. The van der Waals surface area contributed by atoms with Crippen molar-refractivity contribution in [3.63, 3.8) is 0 Å². The van der Waals surface area contributed by atoms with Crippen LogP contribution < -0.4 is 10.6 Å². The Balaban J connectivity index is 2.30. The van der Waals surface area contributed by atoms with Gasteiger partial charge in [-0.3, -0.25) is 4.98 Å². The van der Waals surface area contributed by atoms with Crippen molar-refractivity contribution in [2.75, 3.05) is 19.6 Å². The number of aromatic nitrogens is 1. The van der Waals surface area contributed by atoms with Gasteiger partial charge in [0.05, 0.1) is 0 Å². The highest BCUT2D eigenvalue weighted by atomic mass is 15.0. The van der Waals surface area contributed by atoms with E-state index in [1.807, 2.05) is 18.3 Å². The molecule has 1 aromatic rings. The molecule has 0 aliphatic heterocycles. The molecular formula is C14H25N3. The van der Waals surface area contributed by atoms with E-state index in [1.165, 1.54) is 0 Å². The van der Waals surface area contributed by atoms with E-state index in [0.717, 1.165) is 25.3 Å². The Morgan fingerprint density at radius 2 is 2.00 bits per heavy atom. The first kappa shape index (κ1) is 14.1. The molecule has 3 heteroatoms. The van der Waals surface area contributed by atoms with Crippen molar-refractivity contribution in [3.05, 3.63) is 30.1 Å². The third kappa shape index (κ3) is 5.29. The first-order chi connectivity index (χ1) is 8.02. The fraction of sp³-hybridized carbons (Fsp3) is 0.643. The number of pyridine rings is 1. The zero-order valence-electron chi connectivity index (χ0n) is 11.5. The van der Waals surface area contributed by atoms with Gasteiger partial charge in [-0.05, 0) is 12.1 Å². The summed E-state index contributed by atoms with van der Waals surface area (Å²) < 4.78 is 0. The van der Waals surface area contributed by atoms with Crippen LogP contribution in [0.5, 0.6) is 0 Å². The molecule has 0 amide bonds. The molecule has 0 aliphatic carbocycles. The Hall–Kier alpha value is -0.930. The number of nitrogens with zero attached hydrogens (tertiary/aromatic N) is 1. The van der Waals surface area contributed by atoms with Gasteiger partial charge < -0.3 is 10.6 Å². The van der Waals surface area contributed by atoms with Crippen LogP contribution >= 0.6 is 0 Å². The summed E-state index contributed by atoms with van der Waals surface area (Å²) >= 11 is 0. The van der Waals surface area contributed by atoms with E-state index < -0.39 is 0 Å². The largest absolute Gasteiger partial charge is 0.315 e. The van der Waals surface area contributed by atoms with Crippen molar-refractivity contribution in [3.8, 4) is 0 Å². The molecule has 1 rings (SSSR count). The number of hydrogen-bond acceptors (Lipinski definition) is 3. The third-order valence-corrected chi connectivity index (χ3v) is 2.78. The summed E-state index contributed by atoms with van der Waals surface area (Å²) in [5.41, 5.74) is 1.23. The maximum absolute atomic E-state index is 4.42. The van der Waals surface area contributed by atoms with Gasteiger partial charge in [-0.25, -0.2) is 0 Å². The first-order valence-corrected chi connectivity index (χ1v) is 6.38. The van der Waals surface area contributed by atoms with Gasteiger partial charge in [0.25, 0.3) is 0 Å². The van der Waals surface area contributed by atoms with Gasteiger partial charge >= 0.3 is 0 Å². The Morgan fingerprint density at radius 1 is 1.24 bits per heavy atom. The molecule has 0 fully saturated rings. The van der Waals surface area contributed by atoms with E-state index in [0.29, 0.717) is 6.04 Å². The van der Waals surface area contributed by atoms with E-state index in [2.05, 4.69) is 49.4 Å². The van der Waals surface area contributed by atoms with Crippen LogP contribution in [0, 0.1) is 0 Å². The molecule has 2 N–H and O–H groups in total. The molecule has 0 unspecified atom stereocenters. The summed E-state index contributed by atoms with van der Waals surface area (Å²) in [5, 5.41) is 6.87. The number of nitrogens with one attached hydrogen (secondary N) is 2. The second kappa shape index (κ2) is 6.72. The lowest BCUT2D eigenvalue weighted by molar-refractivity contribution is 0.449. The quantitative estimate of drug-likeness (QED) is 0.709. The van der Waals surface area contributed by atoms with Gasteiger partial charge in [-0.2, -0.15) is 0 Å². The van der Waals surface area contributed by atoms with E-state index in [9.17, 15) is 0 Å². The van der Waals surface area contributed by atoms with Crippen LogP contribution in [0.3, 0.4) is 0 Å². The molecule has 0 saturated carbocycles. The van der Waals surface area contributed by atoms with Gasteiger partial charge in [0.1, 0.15) is 0 Å². The average Bonchev–Trinajstić information content (AvgIpc) is 2.29. The predicted octanol–water partition coefficient (Wildman–Crippen LogP) is 1.95. The third-order valence-electron chi connectivity index (χ3n) is 2.78. The summed E-state index contributed by atoms with van der Waals surface area (Å²) in [6.07, 6.45) is 1.86. The monoisotopic (exact) mass is 235 g/mol. The minimum atomic E-state index is 0.0824. The highest BCUT2D eigenvalue weighted by molar-refractivity contribution is 5.14. The van der Waals surface area contributed by atoms with Gasteiger partial charge in [0.2, 0.25) is 0 Å². The Morgan fingerprint density at radius 3 is 2.59 bits per heavy atom. The summed E-state index contributed by atoms with van der Waals surface area (Å²) in [4.78, 5) is 4.42. The Kier molecular flexibility index (Phi) is 5.59. The average molecular weight is 235 g/mol. The fourth-order valence-corrected chi connectivity index (χ4v) is 1.70. The van der Waals surface area contributed by atoms with Crippen molar-refractivity contribution in [1.82, 2.24) is 15.6 Å². The molecule has 96 valence electrons. The van der Waals surface area contributed by atoms with Crippen LogP contribution in [0.4, 0.5) is 0 Å². The SMILES string of the molecule is CC(C)NCCNCC(C)(C)c1ccccn1. The van der Waals surface area contributed by atoms with Crippen molar-refractivity contribution < 1.29 is 0 Å². The maximum atomic E-state index is 4.42. The number of hydrogen-bond donors (Lipinski definition) is 2. The van der Waals surface area contributed by atoms with Gasteiger partial charge in [0.15, 0.2) is 0 Å². The lowest BCUT2D eigenvalue weighted by Crippen LogP contribution is -2.38. The summed E-state index contributed by atoms with van der Waals surface area (Å²) in [6.45, 7) is 11.7. The molecule has 0 spiro atoms. The van der Waals surface area contributed by atoms with Crippen LogP contribution in [0.2, 0.25) is 0 Å². The molecule has 3 nitrogen and oxygen atoms in total. The summed E-state index contributed by atoms with van der Waals surface area (Å²) in [6, 6.07) is 6.65. The van der Waals surface area contributed by atoms with Crippen LogP contribution in [-0.4, -0.2) is 30.7 Å². The van der Waals surface area contributed by atoms with E-state index in [4.69, 9.17) is 0 Å². The predicted molar refractivity (Wildman–Crippen MR) is 73.3 cm³/mol. The molecule has 0 atom stereocenters. The molecule has 17 heavy (non-hydrogen) atoms. The van der Waals surface area contributed by atoms with E-state index in [1.54, 1.807) is 0 Å². The zero-order valence-corrected chi connectivity index (χ0v) is 11.5. The highest BCUT2D eigenvalue weighted by Crippen LogP contribution is 2.19. The Bertz CT molecular complexity index is 307. The standard InChI is InChI=1S/C14H25N3/c1-12(2)16-10-9-15-11-14(3,4)13-7-5-6-8-17-13/h5-8,12,15-16H,9-11H2,1-4H3.